The number of rotatable bonds is 3. The molecule has 1 saturated carbocycles. The minimum Gasteiger partial charge on any atom is -0.397 e. The maximum Gasteiger partial charge on any atom is 0.235 e. The summed E-state index contributed by atoms with van der Waals surface area (Å²) in [6, 6.07) is 10.1. The monoisotopic (exact) mass is 329 g/mol. The Morgan fingerprint density at radius 2 is 1.96 bits per heavy atom. The summed E-state index contributed by atoms with van der Waals surface area (Å²) in [6.07, 6.45) is 2.81. The quantitative estimate of drug-likeness (QED) is 0.590. The molecule has 4 rings (SSSR count). The molecule has 0 atom stereocenters. The Morgan fingerprint density at radius 1 is 1.22 bits per heavy atom. The Balaban J connectivity index is 1.60. The van der Waals surface area contributed by atoms with Crippen molar-refractivity contribution < 1.29 is 9.18 Å². The molecular weight excluding hydrogens is 313 g/mol. The van der Waals surface area contributed by atoms with E-state index in [1.165, 1.54) is 24.1 Å². The van der Waals surface area contributed by atoms with Gasteiger partial charge in [-0.15, -0.1) is 0 Å². The van der Waals surface area contributed by atoms with Gasteiger partial charge in [0.2, 0.25) is 5.91 Å². The van der Waals surface area contributed by atoms with E-state index in [0.29, 0.717) is 5.69 Å². The van der Waals surface area contributed by atoms with Gasteiger partial charge in [-0.3, -0.25) is 4.79 Å². The molecule has 23 heavy (non-hydrogen) atoms. The van der Waals surface area contributed by atoms with Crippen LogP contribution in [0.2, 0.25) is 0 Å². The SMILES string of the molecule is Nc1cc(NSc2ccc(F)cc2)cc2c1NC(=O)C21CCC1. The van der Waals surface area contributed by atoms with Gasteiger partial charge >= 0.3 is 0 Å². The molecule has 0 unspecified atom stereocenters. The number of nitrogens with two attached hydrogens (primary N) is 1. The van der Waals surface area contributed by atoms with Crippen LogP contribution in [0.25, 0.3) is 0 Å². The van der Waals surface area contributed by atoms with E-state index in [-0.39, 0.29) is 17.1 Å². The summed E-state index contributed by atoms with van der Waals surface area (Å²) in [6.45, 7) is 0. The van der Waals surface area contributed by atoms with E-state index in [9.17, 15) is 9.18 Å². The number of hydrogen-bond donors (Lipinski definition) is 3. The molecule has 4 N–H and O–H groups in total. The molecule has 0 saturated heterocycles. The zero-order chi connectivity index (χ0) is 16.0. The van der Waals surface area contributed by atoms with Gasteiger partial charge in [0.25, 0.3) is 0 Å². The highest BCUT2D eigenvalue weighted by Crippen LogP contribution is 2.53. The van der Waals surface area contributed by atoms with Gasteiger partial charge in [0.1, 0.15) is 5.82 Å². The molecule has 1 amide bonds. The Labute approximate surface area is 137 Å². The van der Waals surface area contributed by atoms with E-state index < -0.39 is 0 Å². The van der Waals surface area contributed by atoms with Crippen molar-refractivity contribution >= 4 is 34.9 Å². The lowest BCUT2D eigenvalue weighted by atomic mass is 9.65. The second-order valence-electron chi connectivity index (χ2n) is 6.04. The zero-order valence-corrected chi connectivity index (χ0v) is 13.2. The molecule has 2 aromatic carbocycles. The first-order valence-electron chi connectivity index (χ1n) is 7.52. The molecule has 1 heterocycles. The first-order chi connectivity index (χ1) is 11.1. The minimum absolute atomic E-state index is 0.0637. The number of carbonyl (C=O) groups is 1. The summed E-state index contributed by atoms with van der Waals surface area (Å²) in [5, 5.41) is 2.93. The molecule has 6 heteroatoms. The van der Waals surface area contributed by atoms with Crippen LogP contribution in [0.15, 0.2) is 41.3 Å². The van der Waals surface area contributed by atoms with Crippen LogP contribution in [-0.2, 0) is 10.2 Å². The van der Waals surface area contributed by atoms with Gasteiger partial charge in [0.05, 0.1) is 16.8 Å². The van der Waals surface area contributed by atoms with Gasteiger partial charge in [-0.1, -0.05) is 6.42 Å². The number of benzene rings is 2. The lowest BCUT2D eigenvalue weighted by Gasteiger charge is -2.36. The summed E-state index contributed by atoms with van der Waals surface area (Å²) in [4.78, 5) is 13.2. The van der Waals surface area contributed by atoms with Crippen molar-refractivity contribution in [1.29, 1.82) is 0 Å². The van der Waals surface area contributed by atoms with Crippen LogP contribution in [-0.4, -0.2) is 5.91 Å². The standard InChI is InChI=1S/C17H16FN3OS/c18-10-2-4-12(5-3-10)23-21-11-8-13-15(14(19)9-11)20-16(22)17(13)6-1-7-17/h2-5,8-9,21H,1,6-7,19H2,(H,20,22). The lowest BCUT2D eigenvalue weighted by molar-refractivity contribution is -0.123. The van der Waals surface area contributed by atoms with Crippen molar-refractivity contribution in [3.05, 3.63) is 47.8 Å². The molecule has 118 valence electrons. The molecule has 1 fully saturated rings. The average Bonchev–Trinajstić information content (AvgIpc) is 2.79. The fourth-order valence-corrected chi connectivity index (χ4v) is 3.87. The number of nitrogen functional groups attached to an aromatic ring is 1. The Bertz CT molecular complexity index is 787. The van der Waals surface area contributed by atoms with E-state index in [4.69, 9.17) is 5.73 Å². The third-order valence-corrected chi connectivity index (χ3v) is 5.51. The molecule has 2 aliphatic rings. The first-order valence-corrected chi connectivity index (χ1v) is 8.34. The van der Waals surface area contributed by atoms with E-state index in [1.807, 2.05) is 12.1 Å². The highest BCUT2D eigenvalue weighted by atomic mass is 32.2. The highest BCUT2D eigenvalue weighted by Gasteiger charge is 2.51. The second kappa shape index (κ2) is 5.16. The molecule has 0 bridgehead atoms. The smallest absolute Gasteiger partial charge is 0.235 e. The highest BCUT2D eigenvalue weighted by molar-refractivity contribution is 8.00. The third-order valence-electron chi connectivity index (χ3n) is 4.67. The number of fused-ring (bicyclic) bond motifs is 2. The molecule has 4 nitrogen and oxygen atoms in total. The van der Waals surface area contributed by atoms with Crippen LogP contribution >= 0.6 is 11.9 Å². The number of nitrogens with one attached hydrogen (secondary N) is 2. The molecular formula is C17H16FN3OS. The average molecular weight is 329 g/mol. The Kier molecular flexibility index (Phi) is 3.23. The van der Waals surface area contributed by atoms with Crippen molar-refractivity contribution in [3.8, 4) is 0 Å². The number of halogens is 1. The van der Waals surface area contributed by atoms with Gasteiger partial charge in [-0.05, 0) is 66.8 Å². The predicted molar refractivity (Wildman–Crippen MR) is 90.9 cm³/mol. The summed E-state index contributed by atoms with van der Waals surface area (Å²) in [7, 11) is 0. The van der Waals surface area contributed by atoms with Gasteiger partial charge < -0.3 is 15.8 Å². The Hall–Kier alpha value is -2.21. The topological polar surface area (TPSA) is 67.2 Å². The molecule has 1 aliphatic heterocycles. The predicted octanol–water partition coefficient (Wildman–Crippen LogP) is 3.90. The molecule has 0 radical (unpaired) electrons. The molecule has 0 aromatic heterocycles. The van der Waals surface area contributed by atoms with Crippen molar-refractivity contribution in [2.24, 2.45) is 0 Å². The maximum absolute atomic E-state index is 12.9. The maximum atomic E-state index is 12.9. The largest absolute Gasteiger partial charge is 0.397 e. The van der Waals surface area contributed by atoms with Gasteiger partial charge in [-0.25, -0.2) is 4.39 Å². The normalized spacial score (nSPS) is 17.5. The second-order valence-corrected chi connectivity index (χ2v) is 6.92. The summed E-state index contributed by atoms with van der Waals surface area (Å²) >= 11 is 1.39. The van der Waals surface area contributed by atoms with Crippen LogP contribution < -0.4 is 15.8 Å². The first kappa shape index (κ1) is 14.4. The summed E-state index contributed by atoms with van der Waals surface area (Å²) < 4.78 is 16.2. The van der Waals surface area contributed by atoms with Crippen LogP contribution in [0.5, 0.6) is 0 Å². The van der Waals surface area contributed by atoms with E-state index in [2.05, 4.69) is 10.0 Å². The van der Waals surface area contributed by atoms with Crippen LogP contribution in [0.3, 0.4) is 0 Å². The summed E-state index contributed by atoms with van der Waals surface area (Å²) in [5.74, 6) is -0.193. The molecule has 1 spiro atoms. The van der Waals surface area contributed by atoms with Crippen LogP contribution in [0.1, 0.15) is 24.8 Å². The van der Waals surface area contributed by atoms with Crippen molar-refractivity contribution in [3.63, 3.8) is 0 Å². The van der Waals surface area contributed by atoms with E-state index >= 15 is 0 Å². The van der Waals surface area contributed by atoms with Crippen molar-refractivity contribution in [2.45, 2.75) is 29.6 Å². The number of anilines is 3. The fourth-order valence-electron chi connectivity index (χ4n) is 3.24. The zero-order valence-electron chi connectivity index (χ0n) is 12.4. The summed E-state index contributed by atoms with van der Waals surface area (Å²) in [5.41, 5.74) is 8.89. The van der Waals surface area contributed by atoms with Crippen LogP contribution in [0, 0.1) is 5.82 Å². The van der Waals surface area contributed by atoms with E-state index in [0.717, 1.165) is 41.1 Å². The van der Waals surface area contributed by atoms with Gasteiger partial charge in [0.15, 0.2) is 0 Å². The number of carbonyl (C=O) groups excluding carboxylic acids is 1. The minimum atomic E-state index is -0.387. The number of hydrogen-bond acceptors (Lipinski definition) is 4. The van der Waals surface area contributed by atoms with Crippen molar-refractivity contribution in [1.82, 2.24) is 0 Å². The van der Waals surface area contributed by atoms with Gasteiger partial charge in [-0.2, -0.15) is 0 Å². The number of amides is 1. The van der Waals surface area contributed by atoms with Crippen molar-refractivity contribution in [2.75, 3.05) is 15.8 Å². The van der Waals surface area contributed by atoms with Crippen LogP contribution in [0.4, 0.5) is 21.5 Å². The lowest BCUT2D eigenvalue weighted by Crippen LogP contribution is -2.40. The molecule has 2 aromatic rings. The third kappa shape index (κ3) is 2.25. The molecule has 1 aliphatic carbocycles. The van der Waals surface area contributed by atoms with E-state index in [1.54, 1.807) is 12.1 Å². The Morgan fingerprint density at radius 3 is 2.61 bits per heavy atom. The fraction of sp³-hybridized carbons (Fsp3) is 0.235. The van der Waals surface area contributed by atoms with Gasteiger partial charge in [0, 0.05) is 10.6 Å².